The van der Waals surface area contributed by atoms with Crippen molar-refractivity contribution in [3.63, 3.8) is 0 Å². The summed E-state index contributed by atoms with van der Waals surface area (Å²) < 4.78 is 0. The van der Waals surface area contributed by atoms with Crippen LogP contribution in [0, 0.1) is 0 Å². The number of nitrogens with one attached hydrogen (secondary N) is 1. The van der Waals surface area contributed by atoms with E-state index in [0.29, 0.717) is 5.92 Å². The Balaban J connectivity index is 2.09. The van der Waals surface area contributed by atoms with Gasteiger partial charge in [0.15, 0.2) is 0 Å². The molecule has 1 aliphatic rings. The van der Waals surface area contributed by atoms with Crippen molar-refractivity contribution in [3.8, 4) is 0 Å². The van der Waals surface area contributed by atoms with Gasteiger partial charge in [0.2, 0.25) is 0 Å². The van der Waals surface area contributed by atoms with E-state index in [2.05, 4.69) is 17.4 Å². The summed E-state index contributed by atoms with van der Waals surface area (Å²) in [5, 5.41) is 3.41. The van der Waals surface area contributed by atoms with Gasteiger partial charge in [0, 0.05) is 26.2 Å². The highest BCUT2D eigenvalue weighted by Gasteiger charge is 2.15. The molecule has 0 bridgehead atoms. The Morgan fingerprint density at radius 3 is 2.53 bits per heavy atom. The number of rotatable bonds is 2. The first kappa shape index (κ1) is 12.1. The maximum atomic E-state index is 11.7. The molecule has 1 atom stereocenters. The zero-order valence-corrected chi connectivity index (χ0v) is 10.6. The van der Waals surface area contributed by atoms with Gasteiger partial charge in [-0.1, -0.05) is 12.1 Å². The second kappa shape index (κ2) is 5.32. The van der Waals surface area contributed by atoms with Crippen molar-refractivity contribution < 1.29 is 4.79 Å². The van der Waals surface area contributed by atoms with Gasteiger partial charge in [0.1, 0.15) is 0 Å². The smallest absolute Gasteiger partial charge is 0.253 e. The Morgan fingerprint density at radius 2 is 2.00 bits per heavy atom. The molecule has 17 heavy (non-hydrogen) atoms. The molecule has 1 saturated heterocycles. The van der Waals surface area contributed by atoms with Crippen molar-refractivity contribution in [2.45, 2.75) is 18.8 Å². The van der Waals surface area contributed by atoms with Crippen LogP contribution in [-0.4, -0.2) is 38.0 Å². The van der Waals surface area contributed by atoms with Gasteiger partial charge in [-0.05, 0) is 43.0 Å². The average molecular weight is 232 g/mol. The van der Waals surface area contributed by atoms with Crippen LogP contribution in [0.3, 0.4) is 0 Å². The Hall–Kier alpha value is -1.35. The third-order valence-electron chi connectivity index (χ3n) is 3.33. The maximum Gasteiger partial charge on any atom is 0.253 e. The Morgan fingerprint density at radius 1 is 1.29 bits per heavy atom. The van der Waals surface area contributed by atoms with E-state index in [-0.39, 0.29) is 5.91 Å². The summed E-state index contributed by atoms with van der Waals surface area (Å²) >= 11 is 0. The number of amides is 1. The van der Waals surface area contributed by atoms with E-state index < -0.39 is 0 Å². The molecular formula is C14H20N2O. The van der Waals surface area contributed by atoms with E-state index in [4.69, 9.17) is 0 Å². The van der Waals surface area contributed by atoms with E-state index >= 15 is 0 Å². The molecule has 3 heteroatoms. The van der Waals surface area contributed by atoms with Crippen LogP contribution in [0.4, 0.5) is 0 Å². The van der Waals surface area contributed by atoms with Crippen LogP contribution in [0.15, 0.2) is 24.3 Å². The van der Waals surface area contributed by atoms with Crippen LogP contribution in [0.5, 0.6) is 0 Å². The maximum absolute atomic E-state index is 11.7. The predicted molar refractivity (Wildman–Crippen MR) is 69.3 cm³/mol. The fourth-order valence-electron chi connectivity index (χ4n) is 2.29. The van der Waals surface area contributed by atoms with E-state index in [1.807, 2.05) is 12.1 Å². The van der Waals surface area contributed by atoms with Crippen molar-refractivity contribution in [3.05, 3.63) is 35.4 Å². The minimum atomic E-state index is 0.0679. The molecule has 0 saturated carbocycles. The molecule has 0 spiro atoms. The molecule has 1 aliphatic heterocycles. The van der Waals surface area contributed by atoms with Gasteiger partial charge in [0.05, 0.1) is 0 Å². The highest BCUT2D eigenvalue weighted by Crippen LogP contribution is 2.23. The lowest BCUT2D eigenvalue weighted by molar-refractivity contribution is 0.0827. The largest absolute Gasteiger partial charge is 0.345 e. The summed E-state index contributed by atoms with van der Waals surface area (Å²) in [4.78, 5) is 13.4. The molecule has 1 unspecified atom stereocenters. The Kier molecular flexibility index (Phi) is 3.79. The standard InChI is InChI=1S/C14H20N2O/c1-16(2)14(17)12-7-5-11(6-8-12)13-4-3-9-15-10-13/h5-8,13,15H,3-4,9-10H2,1-2H3. The van der Waals surface area contributed by atoms with Gasteiger partial charge in [0.25, 0.3) is 5.91 Å². The molecule has 1 heterocycles. The summed E-state index contributed by atoms with van der Waals surface area (Å²) in [6.45, 7) is 2.19. The van der Waals surface area contributed by atoms with Crippen LogP contribution in [0.2, 0.25) is 0 Å². The first-order chi connectivity index (χ1) is 8.18. The van der Waals surface area contributed by atoms with Crippen LogP contribution in [0.25, 0.3) is 0 Å². The van der Waals surface area contributed by atoms with Crippen LogP contribution < -0.4 is 5.32 Å². The third kappa shape index (κ3) is 2.86. The summed E-state index contributed by atoms with van der Waals surface area (Å²) in [7, 11) is 3.56. The number of hydrogen-bond donors (Lipinski definition) is 1. The molecule has 1 N–H and O–H groups in total. The second-order valence-corrected chi connectivity index (χ2v) is 4.86. The van der Waals surface area contributed by atoms with Crippen LogP contribution >= 0.6 is 0 Å². The molecule has 1 amide bonds. The number of benzene rings is 1. The van der Waals surface area contributed by atoms with Crippen molar-refractivity contribution in [2.24, 2.45) is 0 Å². The monoisotopic (exact) mass is 232 g/mol. The topological polar surface area (TPSA) is 32.3 Å². The lowest BCUT2D eigenvalue weighted by Crippen LogP contribution is -2.28. The van der Waals surface area contributed by atoms with Crippen molar-refractivity contribution in [2.75, 3.05) is 27.2 Å². The van der Waals surface area contributed by atoms with Crippen LogP contribution in [0.1, 0.15) is 34.7 Å². The van der Waals surface area contributed by atoms with Gasteiger partial charge in [-0.3, -0.25) is 4.79 Å². The normalized spacial score (nSPS) is 20.0. The zero-order chi connectivity index (χ0) is 12.3. The lowest BCUT2D eigenvalue weighted by Gasteiger charge is -2.23. The van der Waals surface area contributed by atoms with E-state index in [1.165, 1.54) is 18.4 Å². The minimum absolute atomic E-state index is 0.0679. The lowest BCUT2D eigenvalue weighted by atomic mass is 9.91. The molecule has 1 aromatic rings. The van der Waals surface area contributed by atoms with E-state index in [0.717, 1.165) is 18.7 Å². The summed E-state index contributed by atoms with van der Waals surface area (Å²) in [5.74, 6) is 0.672. The molecule has 0 aromatic heterocycles. The molecule has 2 rings (SSSR count). The van der Waals surface area contributed by atoms with Gasteiger partial charge >= 0.3 is 0 Å². The SMILES string of the molecule is CN(C)C(=O)c1ccc(C2CCCNC2)cc1. The summed E-state index contributed by atoms with van der Waals surface area (Å²) in [5.41, 5.74) is 2.11. The molecule has 0 aliphatic carbocycles. The number of piperidine rings is 1. The highest BCUT2D eigenvalue weighted by molar-refractivity contribution is 5.93. The second-order valence-electron chi connectivity index (χ2n) is 4.86. The van der Waals surface area contributed by atoms with Gasteiger partial charge in [-0.25, -0.2) is 0 Å². The van der Waals surface area contributed by atoms with Crippen molar-refractivity contribution in [1.82, 2.24) is 10.2 Å². The predicted octanol–water partition coefficient (Wildman–Crippen LogP) is 1.86. The molecule has 1 fully saturated rings. The average Bonchev–Trinajstić information content (AvgIpc) is 2.39. The Labute approximate surface area is 103 Å². The van der Waals surface area contributed by atoms with Gasteiger partial charge in [-0.2, -0.15) is 0 Å². The number of carbonyl (C=O) groups is 1. The summed E-state index contributed by atoms with van der Waals surface area (Å²) in [6.07, 6.45) is 2.48. The fraction of sp³-hybridized carbons (Fsp3) is 0.500. The summed E-state index contributed by atoms with van der Waals surface area (Å²) in [6, 6.07) is 8.06. The fourth-order valence-corrected chi connectivity index (χ4v) is 2.29. The number of hydrogen-bond acceptors (Lipinski definition) is 2. The van der Waals surface area contributed by atoms with Crippen molar-refractivity contribution in [1.29, 1.82) is 0 Å². The number of carbonyl (C=O) groups excluding carboxylic acids is 1. The molecule has 3 nitrogen and oxygen atoms in total. The zero-order valence-electron chi connectivity index (χ0n) is 10.6. The highest BCUT2D eigenvalue weighted by atomic mass is 16.2. The third-order valence-corrected chi connectivity index (χ3v) is 3.33. The first-order valence-corrected chi connectivity index (χ1v) is 6.21. The molecular weight excluding hydrogens is 212 g/mol. The van der Waals surface area contributed by atoms with Crippen molar-refractivity contribution >= 4 is 5.91 Å². The first-order valence-electron chi connectivity index (χ1n) is 6.21. The Bertz CT molecular complexity index is 378. The molecule has 1 aromatic carbocycles. The van der Waals surface area contributed by atoms with Gasteiger partial charge in [-0.15, -0.1) is 0 Å². The van der Waals surface area contributed by atoms with E-state index in [1.54, 1.807) is 19.0 Å². The van der Waals surface area contributed by atoms with Crippen LogP contribution in [-0.2, 0) is 0 Å². The van der Waals surface area contributed by atoms with E-state index in [9.17, 15) is 4.79 Å². The quantitative estimate of drug-likeness (QED) is 0.844. The van der Waals surface area contributed by atoms with Gasteiger partial charge < -0.3 is 10.2 Å². The minimum Gasteiger partial charge on any atom is -0.345 e. The number of nitrogens with zero attached hydrogens (tertiary/aromatic N) is 1. The molecule has 92 valence electrons. The molecule has 0 radical (unpaired) electrons.